The number of carbonyl (C=O) groups excluding carboxylic acids is 3. The zero-order valence-electron chi connectivity index (χ0n) is 15.5. The highest BCUT2D eigenvalue weighted by Gasteiger charge is 2.30. The number of carbonyl (C=O) groups is 3. The highest BCUT2D eigenvalue weighted by Crippen LogP contribution is 2.31. The Morgan fingerprint density at radius 3 is 2.36 bits per heavy atom. The molecule has 0 spiro atoms. The van der Waals surface area contributed by atoms with Gasteiger partial charge in [0.1, 0.15) is 6.61 Å². The Labute approximate surface area is 162 Å². The van der Waals surface area contributed by atoms with Crippen LogP contribution in [0.25, 0.3) is 0 Å². The molecule has 0 radical (unpaired) electrons. The summed E-state index contributed by atoms with van der Waals surface area (Å²) in [7, 11) is 1.70. The van der Waals surface area contributed by atoms with Gasteiger partial charge >= 0.3 is 0 Å². The first kappa shape index (κ1) is 18.0. The molecule has 2 aliphatic rings. The fourth-order valence-corrected chi connectivity index (χ4v) is 3.38. The Kier molecular flexibility index (Phi) is 4.73. The van der Waals surface area contributed by atoms with Crippen molar-refractivity contribution in [3.8, 4) is 11.5 Å². The molecule has 4 rings (SSSR count). The lowest BCUT2D eigenvalue weighted by atomic mass is 10.1. The number of rotatable bonds is 4. The minimum Gasteiger partial charge on any atom is -0.486 e. The normalized spacial score (nSPS) is 18.3. The summed E-state index contributed by atoms with van der Waals surface area (Å²) in [5.41, 5.74) is 0.967. The van der Waals surface area contributed by atoms with Gasteiger partial charge in [0.25, 0.3) is 5.91 Å². The summed E-state index contributed by atoms with van der Waals surface area (Å²) in [5.74, 6) is 0.776. The van der Waals surface area contributed by atoms with Crippen LogP contribution in [0.15, 0.2) is 48.5 Å². The van der Waals surface area contributed by atoms with E-state index in [4.69, 9.17) is 9.47 Å². The molecular weight excluding hydrogens is 360 g/mol. The molecule has 1 atom stereocenters. The molecule has 0 saturated carbocycles. The Bertz CT molecular complexity index is 909. The highest BCUT2D eigenvalue weighted by molar-refractivity contribution is 6.19. The Morgan fingerprint density at radius 2 is 1.68 bits per heavy atom. The molecule has 3 amide bonds. The molecule has 0 aliphatic carbocycles. The average molecular weight is 380 g/mol. The summed E-state index contributed by atoms with van der Waals surface area (Å²) in [6.07, 6.45) is 0.201. The highest BCUT2D eigenvalue weighted by atomic mass is 16.6. The van der Waals surface area contributed by atoms with Gasteiger partial charge < -0.3 is 14.4 Å². The van der Waals surface area contributed by atoms with Crippen molar-refractivity contribution in [1.82, 2.24) is 4.90 Å². The van der Waals surface area contributed by atoms with Crippen LogP contribution in [0, 0.1) is 0 Å². The van der Waals surface area contributed by atoms with E-state index >= 15 is 0 Å². The van der Waals surface area contributed by atoms with Gasteiger partial charge in [0.2, 0.25) is 11.8 Å². The van der Waals surface area contributed by atoms with Crippen molar-refractivity contribution in [2.24, 2.45) is 0 Å². The van der Waals surface area contributed by atoms with Crippen LogP contribution < -0.4 is 14.4 Å². The number of likely N-dealkylation sites (N-methyl/N-ethyl adjacent to an activating group) is 1. The van der Waals surface area contributed by atoms with Crippen molar-refractivity contribution in [2.45, 2.75) is 18.9 Å². The summed E-state index contributed by atoms with van der Waals surface area (Å²) in [4.78, 5) is 39.1. The lowest BCUT2D eigenvalue weighted by molar-refractivity contribution is -0.121. The predicted octanol–water partition coefficient (Wildman–Crippen LogP) is 2.25. The van der Waals surface area contributed by atoms with Gasteiger partial charge in [-0.05, 0) is 36.4 Å². The molecule has 0 bridgehead atoms. The van der Waals surface area contributed by atoms with Gasteiger partial charge in [0.15, 0.2) is 17.6 Å². The van der Waals surface area contributed by atoms with Crippen molar-refractivity contribution < 1.29 is 23.9 Å². The number of benzene rings is 2. The third-order valence-electron chi connectivity index (χ3n) is 4.82. The molecule has 2 heterocycles. The summed E-state index contributed by atoms with van der Waals surface area (Å²) < 4.78 is 11.6. The molecule has 7 nitrogen and oxygen atoms in total. The summed E-state index contributed by atoms with van der Waals surface area (Å²) in [6.45, 7) is 0.741. The van der Waals surface area contributed by atoms with Crippen LogP contribution in [0.4, 0.5) is 5.69 Å². The number of ether oxygens (including phenoxy) is 2. The Balaban J connectivity index is 1.40. The average Bonchev–Trinajstić information content (AvgIpc) is 3.05. The minimum absolute atomic E-state index is 0.173. The van der Waals surface area contributed by atoms with E-state index in [1.807, 2.05) is 24.3 Å². The molecule has 7 heteroatoms. The molecule has 0 aromatic heterocycles. The SMILES string of the molecule is CN(C[C@@H]1COc2ccccc2O1)C(=O)c1ccc(N2C(=O)CCC2=O)cc1. The number of hydrogen-bond donors (Lipinski definition) is 0. The van der Waals surface area contributed by atoms with Gasteiger partial charge in [-0.3, -0.25) is 19.3 Å². The van der Waals surface area contributed by atoms with Gasteiger partial charge in [-0.2, -0.15) is 0 Å². The van der Waals surface area contributed by atoms with Crippen molar-refractivity contribution in [3.63, 3.8) is 0 Å². The smallest absolute Gasteiger partial charge is 0.253 e. The van der Waals surface area contributed by atoms with Gasteiger partial charge in [0, 0.05) is 25.5 Å². The van der Waals surface area contributed by atoms with Gasteiger partial charge in [-0.1, -0.05) is 12.1 Å². The van der Waals surface area contributed by atoms with E-state index in [1.165, 1.54) is 4.90 Å². The van der Waals surface area contributed by atoms with Crippen LogP contribution in [0.5, 0.6) is 11.5 Å². The third-order valence-corrected chi connectivity index (χ3v) is 4.82. The summed E-state index contributed by atoms with van der Waals surface area (Å²) in [6, 6.07) is 13.9. The zero-order chi connectivity index (χ0) is 19.7. The Hall–Kier alpha value is -3.35. The largest absolute Gasteiger partial charge is 0.486 e. The predicted molar refractivity (Wildman–Crippen MR) is 101 cm³/mol. The van der Waals surface area contributed by atoms with E-state index in [1.54, 1.807) is 36.2 Å². The van der Waals surface area contributed by atoms with Crippen LogP contribution in [0.2, 0.25) is 0 Å². The van der Waals surface area contributed by atoms with Crippen LogP contribution in [-0.2, 0) is 9.59 Å². The number of fused-ring (bicyclic) bond motifs is 1. The molecule has 0 unspecified atom stereocenters. The van der Waals surface area contributed by atoms with Gasteiger partial charge in [-0.15, -0.1) is 0 Å². The first-order chi connectivity index (χ1) is 13.5. The van der Waals surface area contributed by atoms with Crippen LogP contribution in [0.1, 0.15) is 23.2 Å². The number of nitrogens with zero attached hydrogens (tertiary/aromatic N) is 2. The van der Waals surface area contributed by atoms with Crippen molar-refractivity contribution in [1.29, 1.82) is 0 Å². The fraction of sp³-hybridized carbons (Fsp3) is 0.286. The van der Waals surface area contributed by atoms with Crippen molar-refractivity contribution in [3.05, 3.63) is 54.1 Å². The van der Waals surface area contributed by atoms with E-state index in [0.29, 0.717) is 35.9 Å². The molecule has 2 aliphatic heterocycles. The molecule has 144 valence electrons. The van der Waals surface area contributed by atoms with Gasteiger partial charge in [-0.25, -0.2) is 0 Å². The van der Waals surface area contributed by atoms with E-state index in [0.717, 1.165) is 0 Å². The molecule has 28 heavy (non-hydrogen) atoms. The second kappa shape index (κ2) is 7.34. The second-order valence-electron chi connectivity index (χ2n) is 6.85. The van der Waals surface area contributed by atoms with Crippen molar-refractivity contribution >= 4 is 23.4 Å². The maximum absolute atomic E-state index is 12.7. The number of hydrogen-bond acceptors (Lipinski definition) is 5. The van der Waals surface area contributed by atoms with Crippen LogP contribution in [0.3, 0.4) is 0 Å². The molecule has 1 fully saturated rings. The second-order valence-corrected chi connectivity index (χ2v) is 6.85. The molecule has 2 aromatic carbocycles. The molecule has 1 saturated heterocycles. The third kappa shape index (κ3) is 3.43. The standard InChI is InChI=1S/C21H20N2O5/c1-22(12-16-13-27-17-4-2-3-5-18(17)28-16)21(26)14-6-8-15(9-7-14)23-19(24)10-11-20(23)25/h2-9,16H,10-13H2,1H3/t16-/m1/s1. The number of anilines is 1. The quantitative estimate of drug-likeness (QED) is 0.761. The lowest BCUT2D eigenvalue weighted by Gasteiger charge is -2.29. The zero-order valence-corrected chi connectivity index (χ0v) is 15.5. The summed E-state index contributed by atoms with van der Waals surface area (Å²) in [5, 5.41) is 0. The topological polar surface area (TPSA) is 76.2 Å². The molecule has 2 aromatic rings. The molecular formula is C21H20N2O5. The maximum Gasteiger partial charge on any atom is 0.253 e. The number of para-hydroxylation sites is 2. The lowest BCUT2D eigenvalue weighted by Crippen LogP contribution is -2.41. The van der Waals surface area contributed by atoms with Crippen molar-refractivity contribution in [2.75, 3.05) is 25.1 Å². The number of imide groups is 1. The first-order valence-electron chi connectivity index (χ1n) is 9.13. The van der Waals surface area contributed by atoms with E-state index in [-0.39, 0.29) is 36.7 Å². The van der Waals surface area contributed by atoms with Crippen LogP contribution >= 0.6 is 0 Å². The molecule has 0 N–H and O–H groups in total. The fourth-order valence-electron chi connectivity index (χ4n) is 3.38. The summed E-state index contributed by atoms with van der Waals surface area (Å²) >= 11 is 0. The van der Waals surface area contributed by atoms with E-state index < -0.39 is 0 Å². The number of amides is 3. The van der Waals surface area contributed by atoms with E-state index in [2.05, 4.69) is 0 Å². The Morgan fingerprint density at radius 1 is 1.04 bits per heavy atom. The first-order valence-corrected chi connectivity index (χ1v) is 9.13. The maximum atomic E-state index is 12.7. The minimum atomic E-state index is -0.261. The van der Waals surface area contributed by atoms with Crippen LogP contribution in [-0.4, -0.2) is 48.9 Å². The van der Waals surface area contributed by atoms with E-state index in [9.17, 15) is 14.4 Å². The van der Waals surface area contributed by atoms with Gasteiger partial charge in [0.05, 0.1) is 12.2 Å². The monoisotopic (exact) mass is 380 g/mol.